The molecule has 0 spiro atoms. The van der Waals surface area contributed by atoms with Gasteiger partial charge < -0.3 is 4.42 Å². The summed E-state index contributed by atoms with van der Waals surface area (Å²) in [5.74, 6) is 0. The highest BCUT2D eigenvalue weighted by Gasteiger charge is 2.22. The lowest BCUT2D eigenvalue weighted by Crippen LogP contribution is -1.90. The first-order valence-corrected chi connectivity index (χ1v) is 18.3. The standard InChI is InChI=1S/C52H30O/c1-2-9-35-28-38(19-16-31(35)8-1)39-24-25-42(41-15-6-5-14-40(39)41)46-27-26-45(51-47-29-36-10-3-4-11-37(36)30-48(47)53-52(46)51)43-22-20-34-18-17-32-12-7-13-33-21-23-44(43)50(34)49(32)33/h1-30H. The van der Waals surface area contributed by atoms with Gasteiger partial charge in [0.15, 0.2) is 0 Å². The number of furan rings is 1. The second kappa shape index (κ2) is 10.8. The Morgan fingerprint density at radius 2 is 0.792 bits per heavy atom. The predicted molar refractivity (Wildman–Crippen MR) is 226 cm³/mol. The van der Waals surface area contributed by atoms with Gasteiger partial charge in [0, 0.05) is 16.3 Å². The smallest absolute Gasteiger partial charge is 0.143 e. The summed E-state index contributed by atoms with van der Waals surface area (Å²) in [7, 11) is 0. The predicted octanol–water partition coefficient (Wildman–Crippen LogP) is 14.9. The summed E-state index contributed by atoms with van der Waals surface area (Å²) in [5, 5.41) is 17.3. The van der Waals surface area contributed by atoms with E-state index >= 15 is 0 Å². The van der Waals surface area contributed by atoms with Crippen molar-refractivity contribution in [3.05, 3.63) is 182 Å². The number of fused-ring (bicyclic) bond motifs is 6. The van der Waals surface area contributed by atoms with Crippen LogP contribution in [0.15, 0.2) is 186 Å². The van der Waals surface area contributed by atoms with Gasteiger partial charge >= 0.3 is 0 Å². The van der Waals surface area contributed by atoms with Crippen LogP contribution in [0.3, 0.4) is 0 Å². The Hall–Kier alpha value is -6.96. The minimum atomic E-state index is 0.905. The maximum Gasteiger partial charge on any atom is 0.143 e. The van der Waals surface area contributed by atoms with E-state index in [2.05, 4.69) is 182 Å². The van der Waals surface area contributed by atoms with Crippen molar-refractivity contribution in [1.82, 2.24) is 0 Å². The molecule has 12 rings (SSSR count). The van der Waals surface area contributed by atoms with Gasteiger partial charge in [-0.2, -0.15) is 0 Å². The zero-order chi connectivity index (χ0) is 34.6. The Morgan fingerprint density at radius 3 is 1.60 bits per heavy atom. The van der Waals surface area contributed by atoms with Crippen LogP contribution in [0.25, 0.3) is 120 Å². The Kier molecular flexibility index (Phi) is 5.84. The van der Waals surface area contributed by atoms with Gasteiger partial charge in [-0.1, -0.05) is 158 Å². The summed E-state index contributed by atoms with van der Waals surface area (Å²) < 4.78 is 7.05. The van der Waals surface area contributed by atoms with Crippen LogP contribution in [0.1, 0.15) is 0 Å². The van der Waals surface area contributed by atoms with Gasteiger partial charge in [-0.25, -0.2) is 0 Å². The van der Waals surface area contributed by atoms with Crippen molar-refractivity contribution < 1.29 is 4.42 Å². The number of hydrogen-bond donors (Lipinski definition) is 0. The van der Waals surface area contributed by atoms with E-state index in [0.717, 1.165) is 27.5 Å². The Labute approximate surface area is 305 Å². The fourth-order valence-electron chi connectivity index (χ4n) is 9.11. The summed E-state index contributed by atoms with van der Waals surface area (Å²) in [6.07, 6.45) is 0. The zero-order valence-electron chi connectivity index (χ0n) is 28.7. The van der Waals surface area contributed by atoms with Gasteiger partial charge in [-0.3, -0.25) is 0 Å². The van der Waals surface area contributed by atoms with Gasteiger partial charge in [0.25, 0.3) is 0 Å². The molecular formula is C52H30O. The number of rotatable bonds is 3. The van der Waals surface area contributed by atoms with Crippen molar-refractivity contribution in [2.45, 2.75) is 0 Å². The lowest BCUT2D eigenvalue weighted by molar-refractivity contribution is 0.670. The van der Waals surface area contributed by atoms with Crippen LogP contribution in [0.5, 0.6) is 0 Å². The normalized spacial score (nSPS) is 12.2. The lowest BCUT2D eigenvalue weighted by atomic mass is 9.86. The molecule has 1 heterocycles. The summed E-state index contributed by atoms with van der Waals surface area (Å²) in [6, 6.07) is 66.8. The highest BCUT2D eigenvalue weighted by atomic mass is 16.3. The fraction of sp³-hybridized carbons (Fsp3) is 0. The van der Waals surface area contributed by atoms with E-state index in [1.54, 1.807) is 0 Å². The molecule has 0 unspecified atom stereocenters. The second-order valence-electron chi connectivity index (χ2n) is 14.4. The molecule has 0 N–H and O–H groups in total. The van der Waals surface area contributed by atoms with E-state index < -0.39 is 0 Å². The van der Waals surface area contributed by atoms with Crippen LogP contribution in [-0.2, 0) is 0 Å². The molecule has 0 fully saturated rings. The molecule has 0 radical (unpaired) electrons. The van der Waals surface area contributed by atoms with Crippen molar-refractivity contribution in [3.63, 3.8) is 0 Å². The summed E-state index contributed by atoms with van der Waals surface area (Å²) in [6.45, 7) is 0. The molecule has 0 atom stereocenters. The Balaban J connectivity index is 1.15. The first-order valence-electron chi connectivity index (χ1n) is 18.3. The van der Waals surface area contributed by atoms with Gasteiger partial charge in [0.1, 0.15) is 11.2 Å². The molecule has 0 saturated carbocycles. The van der Waals surface area contributed by atoms with E-state index in [4.69, 9.17) is 4.42 Å². The molecule has 11 aromatic carbocycles. The largest absolute Gasteiger partial charge is 0.455 e. The Morgan fingerprint density at radius 1 is 0.264 bits per heavy atom. The maximum absolute atomic E-state index is 7.05. The van der Waals surface area contributed by atoms with Crippen LogP contribution in [-0.4, -0.2) is 0 Å². The second-order valence-corrected chi connectivity index (χ2v) is 14.4. The van der Waals surface area contributed by atoms with Crippen molar-refractivity contribution in [3.8, 4) is 33.4 Å². The minimum absolute atomic E-state index is 0.905. The van der Waals surface area contributed by atoms with E-state index in [1.165, 1.54) is 92.5 Å². The topological polar surface area (TPSA) is 13.1 Å². The summed E-state index contributed by atoms with van der Waals surface area (Å²) in [4.78, 5) is 0. The van der Waals surface area contributed by atoms with Crippen molar-refractivity contribution >= 4 is 86.6 Å². The third-order valence-corrected chi connectivity index (χ3v) is 11.6. The van der Waals surface area contributed by atoms with Crippen LogP contribution < -0.4 is 0 Å². The van der Waals surface area contributed by atoms with Crippen LogP contribution in [0.4, 0.5) is 0 Å². The van der Waals surface area contributed by atoms with Gasteiger partial charge in [-0.05, 0) is 117 Å². The molecule has 0 saturated heterocycles. The molecule has 12 aromatic rings. The molecule has 0 amide bonds. The van der Waals surface area contributed by atoms with Gasteiger partial charge in [0.05, 0.1) is 0 Å². The highest BCUT2D eigenvalue weighted by molar-refractivity contribution is 6.28. The monoisotopic (exact) mass is 670 g/mol. The first kappa shape index (κ1) is 28.7. The third-order valence-electron chi connectivity index (χ3n) is 11.6. The molecule has 244 valence electrons. The minimum Gasteiger partial charge on any atom is -0.455 e. The molecule has 0 aliphatic rings. The Bertz CT molecular complexity index is 3440. The van der Waals surface area contributed by atoms with E-state index in [1.807, 2.05) is 0 Å². The maximum atomic E-state index is 7.05. The zero-order valence-corrected chi connectivity index (χ0v) is 28.7. The number of benzene rings is 11. The van der Waals surface area contributed by atoms with Crippen molar-refractivity contribution in [2.75, 3.05) is 0 Å². The molecular weight excluding hydrogens is 641 g/mol. The third kappa shape index (κ3) is 4.14. The van der Waals surface area contributed by atoms with Gasteiger partial charge in [0.2, 0.25) is 0 Å². The van der Waals surface area contributed by atoms with E-state index in [0.29, 0.717) is 0 Å². The van der Waals surface area contributed by atoms with Crippen molar-refractivity contribution in [2.24, 2.45) is 0 Å². The average molecular weight is 671 g/mol. The fourth-order valence-corrected chi connectivity index (χ4v) is 9.11. The molecule has 0 aliphatic heterocycles. The number of hydrogen-bond acceptors (Lipinski definition) is 1. The van der Waals surface area contributed by atoms with Crippen molar-refractivity contribution in [1.29, 1.82) is 0 Å². The SMILES string of the molecule is c1ccc2cc(-c3ccc(-c4ccc(-c5ccc6ccc7cccc8ccc5c6c78)c5c4oc4cc6ccccc6cc45)c4ccccc34)ccc2c1. The molecule has 0 bridgehead atoms. The molecule has 53 heavy (non-hydrogen) atoms. The van der Waals surface area contributed by atoms with Gasteiger partial charge in [-0.15, -0.1) is 0 Å². The van der Waals surface area contributed by atoms with Crippen LogP contribution in [0, 0.1) is 0 Å². The van der Waals surface area contributed by atoms with E-state index in [-0.39, 0.29) is 0 Å². The van der Waals surface area contributed by atoms with Crippen LogP contribution in [0.2, 0.25) is 0 Å². The molecule has 0 aliphatic carbocycles. The first-order chi connectivity index (χ1) is 26.3. The quantitative estimate of drug-likeness (QED) is 0.171. The lowest BCUT2D eigenvalue weighted by Gasteiger charge is -2.16. The molecule has 1 aromatic heterocycles. The average Bonchev–Trinajstić information content (AvgIpc) is 3.59. The summed E-state index contributed by atoms with van der Waals surface area (Å²) >= 11 is 0. The highest BCUT2D eigenvalue weighted by Crippen LogP contribution is 2.48. The summed E-state index contributed by atoms with van der Waals surface area (Å²) in [5.41, 5.74) is 8.95. The molecule has 1 heteroatoms. The molecule has 1 nitrogen and oxygen atoms in total. The van der Waals surface area contributed by atoms with E-state index in [9.17, 15) is 0 Å². The van der Waals surface area contributed by atoms with Crippen LogP contribution >= 0.6 is 0 Å².